The summed E-state index contributed by atoms with van der Waals surface area (Å²) in [6, 6.07) is 4.01. The van der Waals surface area contributed by atoms with E-state index in [1.165, 1.54) is 0 Å². The molecular formula is C10H14N4. The molecule has 0 amide bonds. The van der Waals surface area contributed by atoms with Gasteiger partial charge >= 0.3 is 0 Å². The highest BCUT2D eigenvalue weighted by Gasteiger charge is 2.02. The number of rotatable bonds is 3. The average Bonchev–Trinajstić information content (AvgIpc) is 2.16. The Balaban J connectivity index is 3.17. The smallest absolute Gasteiger partial charge is 0.129 e. The van der Waals surface area contributed by atoms with Crippen LogP contribution in [0.15, 0.2) is 22.4 Å². The van der Waals surface area contributed by atoms with Crippen LogP contribution in [0.25, 0.3) is 0 Å². The SMILES string of the molecule is CNc1cc(C)c(N=NC=N)c(C)c1. The Labute approximate surface area is 83.6 Å². The lowest BCUT2D eigenvalue weighted by Gasteiger charge is -2.07. The highest BCUT2D eigenvalue weighted by molar-refractivity contribution is 5.61. The summed E-state index contributed by atoms with van der Waals surface area (Å²) in [5, 5.41) is 17.4. The summed E-state index contributed by atoms with van der Waals surface area (Å²) in [4.78, 5) is 0. The second-order valence-corrected chi connectivity index (χ2v) is 3.05. The van der Waals surface area contributed by atoms with Crippen molar-refractivity contribution in [2.45, 2.75) is 13.8 Å². The molecule has 14 heavy (non-hydrogen) atoms. The molecule has 0 saturated carbocycles. The van der Waals surface area contributed by atoms with E-state index >= 15 is 0 Å². The average molecular weight is 190 g/mol. The van der Waals surface area contributed by atoms with Gasteiger partial charge in [0.05, 0.1) is 5.69 Å². The predicted molar refractivity (Wildman–Crippen MR) is 58.8 cm³/mol. The largest absolute Gasteiger partial charge is 0.388 e. The molecule has 0 saturated heterocycles. The minimum atomic E-state index is 0.840. The number of benzene rings is 1. The number of anilines is 1. The Hall–Kier alpha value is -1.71. The van der Waals surface area contributed by atoms with Gasteiger partial charge in [0.25, 0.3) is 0 Å². The summed E-state index contributed by atoms with van der Waals surface area (Å²) in [5.74, 6) is 0. The highest BCUT2D eigenvalue weighted by Crippen LogP contribution is 2.27. The van der Waals surface area contributed by atoms with E-state index in [4.69, 9.17) is 5.41 Å². The molecule has 0 heterocycles. The lowest BCUT2D eigenvalue weighted by atomic mass is 10.1. The summed E-state index contributed by atoms with van der Waals surface area (Å²) < 4.78 is 0. The van der Waals surface area contributed by atoms with Crippen LogP contribution in [-0.2, 0) is 0 Å². The molecule has 0 aliphatic heterocycles. The first-order valence-corrected chi connectivity index (χ1v) is 4.38. The van der Waals surface area contributed by atoms with Crippen LogP contribution in [0, 0.1) is 19.3 Å². The first-order valence-electron chi connectivity index (χ1n) is 4.38. The molecule has 1 aromatic rings. The van der Waals surface area contributed by atoms with Crippen molar-refractivity contribution in [2.24, 2.45) is 10.2 Å². The Morgan fingerprint density at radius 3 is 2.29 bits per heavy atom. The van der Waals surface area contributed by atoms with Crippen LogP contribution in [0.1, 0.15) is 11.1 Å². The van der Waals surface area contributed by atoms with Crippen molar-refractivity contribution in [3.63, 3.8) is 0 Å². The third-order valence-electron chi connectivity index (χ3n) is 2.00. The van der Waals surface area contributed by atoms with E-state index in [-0.39, 0.29) is 0 Å². The van der Waals surface area contributed by atoms with Crippen molar-refractivity contribution in [1.82, 2.24) is 0 Å². The molecule has 2 N–H and O–H groups in total. The monoisotopic (exact) mass is 190 g/mol. The quantitative estimate of drug-likeness (QED) is 0.429. The Morgan fingerprint density at radius 1 is 1.29 bits per heavy atom. The fraction of sp³-hybridized carbons (Fsp3) is 0.300. The van der Waals surface area contributed by atoms with Gasteiger partial charge < -0.3 is 5.32 Å². The first-order chi connectivity index (χ1) is 6.69. The van der Waals surface area contributed by atoms with Crippen molar-refractivity contribution in [3.8, 4) is 0 Å². The summed E-state index contributed by atoms with van der Waals surface area (Å²) in [6.07, 6.45) is 0.935. The van der Waals surface area contributed by atoms with Gasteiger partial charge in [0.15, 0.2) is 0 Å². The number of nitrogens with zero attached hydrogens (tertiary/aromatic N) is 2. The third kappa shape index (κ3) is 2.16. The van der Waals surface area contributed by atoms with E-state index in [1.54, 1.807) is 0 Å². The molecule has 74 valence electrons. The third-order valence-corrected chi connectivity index (χ3v) is 2.00. The maximum Gasteiger partial charge on any atom is 0.129 e. The van der Waals surface area contributed by atoms with Crippen molar-refractivity contribution in [2.75, 3.05) is 12.4 Å². The molecule has 0 aliphatic rings. The van der Waals surface area contributed by atoms with Crippen LogP contribution in [0.2, 0.25) is 0 Å². The Bertz CT molecular complexity index is 345. The van der Waals surface area contributed by atoms with Crippen LogP contribution in [0.3, 0.4) is 0 Å². The number of hydrogen-bond acceptors (Lipinski definition) is 3. The number of azo groups is 1. The van der Waals surface area contributed by atoms with Crippen LogP contribution in [0.4, 0.5) is 11.4 Å². The van der Waals surface area contributed by atoms with Crippen molar-refractivity contribution in [1.29, 1.82) is 5.41 Å². The summed E-state index contributed by atoms with van der Waals surface area (Å²) >= 11 is 0. The topological polar surface area (TPSA) is 60.6 Å². The van der Waals surface area contributed by atoms with Gasteiger partial charge in [-0.2, -0.15) is 0 Å². The van der Waals surface area contributed by atoms with E-state index in [1.807, 2.05) is 33.0 Å². The van der Waals surface area contributed by atoms with Crippen molar-refractivity contribution >= 4 is 17.7 Å². The Kier molecular flexibility index (Phi) is 3.34. The normalized spacial score (nSPS) is 10.5. The summed E-state index contributed by atoms with van der Waals surface area (Å²) in [7, 11) is 1.88. The van der Waals surface area contributed by atoms with Gasteiger partial charge in [0.1, 0.15) is 6.34 Å². The molecule has 0 fully saturated rings. The number of aryl methyl sites for hydroxylation is 2. The van der Waals surface area contributed by atoms with Gasteiger partial charge in [0.2, 0.25) is 0 Å². The zero-order valence-corrected chi connectivity index (χ0v) is 8.63. The molecule has 4 nitrogen and oxygen atoms in total. The van der Waals surface area contributed by atoms with Crippen LogP contribution in [-0.4, -0.2) is 13.4 Å². The van der Waals surface area contributed by atoms with Crippen LogP contribution in [0.5, 0.6) is 0 Å². The second-order valence-electron chi connectivity index (χ2n) is 3.05. The first kappa shape index (κ1) is 10.4. The van der Waals surface area contributed by atoms with Crippen LogP contribution >= 0.6 is 0 Å². The minimum Gasteiger partial charge on any atom is -0.388 e. The van der Waals surface area contributed by atoms with E-state index in [9.17, 15) is 0 Å². The summed E-state index contributed by atoms with van der Waals surface area (Å²) in [6.45, 7) is 3.96. The standard InChI is InChI=1S/C10H14N4/c1-7-4-9(12-3)5-8(2)10(7)14-13-6-11/h4-6,11-12H,1-3H3. The van der Waals surface area contributed by atoms with Gasteiger partial charge in [-0.05, 0) is 37.1 Å². The second kappa shape index (κ2) is 4.50. The molecule has 0 atom stereocenters. The lowest BCUT2D eigenvalue weighted by Crippen LogP contribution is -1.90. The molecule has 1 aromatic carbocycles. The van der Waals surface area contributed by atoms with Crippen molar-refractivity contribution < 1.29 is 0 Å². The zero-order valence-electron chi connectivity index (χ0n) is 8.63. The zero-order chi connectivity index (χ0) is 10.6. The Morgan fingerprint density at radius 2 is 1.86 bits per heavy atom. The van der Waals surface area contributed by atoms with Gasteiger partial charge in [-0.25, -0.2) is 0 Å². The lowest BCUT2D eigenvalue weighted by molar-refractivity contribution is 1.21. The van der Waals surface area contributed by atoms with Crippen molar-refractivity contribution in [3.05, 3.63) is 23.3 Å². The van der Waals surface area contributed by atoms with Gasteiger partial charge in [-0.1, -0.05) is 0 Å². The molecule has 1 rings (SSSR count). The minimum absolute atomic E-state index is 0.840. The highest BCUT2D eigenvalue weighted by atomic mass is 15.1. The molecule has 0 spiro atoms. The fourth-order valence-corrected chi connectivity index (χ4v) is 1.34. The predicted octanol–water partition coefficient (Wildman–Crippen LogP) is 3.04. The molecule has 4 heteroatoms. The van der Waals surface area contributed by atoms with E-state index in [2.05, 4.69) is 15.5 Å². The number of hydrogen-bond donors (Lipinski definition) is 2. The maximum atomic E-state index is 6.77. The maximum absolute atomic E-state index is 6.77. The molecule has 0 aliphatic carbocycles. The number of nitrogens with one attached hydrogen (secondary N) is 2. The van der Waals surface area contributed by atoms with E-state index in [0.717, 1.165) is 28.8 Å². The molecule has 0 unspecified atom stereocenters. The molecule has 0 aromatic heterocycles. The van der Waals surface area contributed by atoms with Gasteiger partial charge in [0, 0.05) is 12.7 Å². The fourth-order valence-electron chi connectivity index (χ4n) is 1.34. The van der Waals surface area contributed by atoms with Gasteiger partial charge in [-0.3, -0.25) is 5.41 Å². The molecule has 0 radical (unpaired) electrons. The van der Waals surface area contributed by atoms with E-state index in [0.29, 0.717) is 0 Å². The molecule has 0 bridgehead atoms. The van der Waals surface area contributed by atoms with E-state index < -0.39 is 0 Å². The molecular weight excluding hydrogens is 176 g/mol. The van der Waals surface area contributed by atoms with Gasteiger partial charge in [-0.15, -0.1) is 10.2 Å². The van der Waals surface area contributed by atoms with Crippen LogP contribution < -0.4 is 5.32 Å². The summed E-state index contributed by atoms with van der Waals surface area (Å²) in [5.41, 5.74) is 4.02.